The number of halogens is 3. The quantitative estimate of drug-likeness (QED) is 0.667. The van der Waals surface area contributed by atoms with E-state index in [4.69, 9.17) is 17.3 Å². The standard InChI is InChI=1S/C13H8BrClFNO/c14-7-1-3-10(12(17)5-7)13(18)9-4-2-8(15)6-11(9)16/h1-6H,17H2. The summed E-state index contributed by atoms with van der Waals surface area (Å²) in [7, 11) is 0. The van der Waals surface area contributed by atoms with Crippen LogP contribution in [0.4, 0.5) is 10.1 Å². The largest absolute Gasteiger partial charge is 0.398 e. The fourth-order valence-corrected chi connectivity index (χ4v) is 2.10. The first-order chi connectivity index (χ1) is 8.49. The van der Waals surface area contributed by atoms with E-state index < -0.39 is 11.6 Å². The van der Waals surface area contributed by atoms with E-state index in [9.17, 15) is 9.18 Å². The molecule has 0 unspecified atom stereocenters. The highest BCUT2D eigenvalue weighted by molar-refractivity contribution is 9.10. The Balaban J connectivity index is 2.48. The van der Waals surface area contributed by atoms with E-state index in [-0.39, 0.29) is 16.1 Å². The molecule has 5 heteroatoms. The van der Waals surface area contributed by atoms with Crippen molar-refractivity contribution >= 4 is 39.0 Å². The van der Waals surface area contributed by atoms with E-state index in [2.05, 4.69) is 15.9 Å². The number of nitrogen functional groups attached to an aromatic ring is 1. The highest BCUT2D eigenvalue weighted by atomic mass is 79.9. The van der Waals surface area contributed by atoms with Gasteiger partial charge in [0.25, 0.3) is 0 Å². The van der Waals surface area contributed by atoms with Gasteiger partial charge in [0.1, 0.15) is 5.82 Å². The van der Waals surface area contributed by atoms with Crippen LogP contribution in [0.2, 0.25) is 5.02 Å². The van der Waals surface area contributed by atoms with Crippen LogP contribution in [0.3, 0.4) is 0 Å². The van der Waals surface area contributed by atoms with Gasteiger partial charge < -0.3 is 5.73 Å². The molecule has 2 nitrogen and oxygen atoms in total. The molecule has 0 bridgehead atoms. The summed E-state index contributed by atoms with van der Waals surface area (Å²) in [4.78, 5) is 12.1. The van der Waals surface area contributed by atoms with Gasteiger partial charge in [-0.2, -0.15) is 0 Å². The Morgan fingerprint density at radius 2 is 1.83 bits per heavy atom. The first-order valence-corrected chi connectivity index (χ1v) is 6.21. The van der Waals surface area contributed by atoms with Gasteiger partial charge in [0.05, 0.1) is 5.56 Å². The molecule has 0 saturated heterocycles. The third-order valence-corrected chi connectivity index (χ3v) is 3.16. The first kappa shape index (κ1) is 13.1. The van der Waals surface area contributed by atoms with Crippen molar-refractivity contribution in [3.05, 3.63) is 62.8 Å². The molecule has 2 N–H and O–H groups in total. The summed E-state index contributed by atoms with van der Waals surface area (Å²) in [5, 5.41) is 0.243. The molecule has 0 heterocycles. The molecule has 2 rings (SSSR count). The topological polar surface area (TPSA) is 43.1 Å². The molecule has 0 aliphatic heterocycles. The van der Waals surface area contributed by atoms with E-state index >= 15 is 0 Å². The van der Waals surface area contributed by atoms with Crippen LogP contribution in [0.15, 0.2) is 40.9 Å². The van der Waals surface area contributed by atoms with E-state index in [0.717, 1.165) is 10.5 Å². The Morgan fingerprint density at radius 1 is 1.17 bits per heavy atom. The monoisotopic (exact) mass is 327 g/mol. The van der Waals surface area contributed by atoms with Crippen molar-refractivity contribution in [3.63, 3.8) is 0 Å². The molecular weight excluding hydrogens is 321 g/mol. The van der Waals surface area contributed by atoms with Crippen molar-refractivity contribution in [2.24, 2.45) is 0 Å². The van der Waals surface area contributed by atoms with Gasteiger partial charge in [-0.05, 0) is 36.4 Å². The maximum atomic E-state index is 13.6. The minimum absolute atomic E-state index is 0.0478. The normalized spacial score (nSPS) is 10.4. The van der Waals surface area contributed by atoms with Gasteiger partial charge in [0, 0.05) is 20.7 Å². The number of rotatable bonds is 2. The highest BCUT2D eigenvalue weighted by Crippen LogP contribution is 2.23. The number of carbonyl (C=O) groups excluding carboxylic acids is 1. The van der Waals surface area contributed by atoms with E-state index in [1.807, 2.05) is 0 Å². The van der Waals surface area contributed by atoms with Crippen molar-refractivity contribution in [1.82, 2.24) is 0 Å². The van der Waals surface area contributed by atoms with Crippen molar-refractivity contribution in [2.75, 3.05) is 5.73 Å². The van der Waals surface area contributed by atoms with E-state index in [1.54, 1.807) is 18.2 Å². The van der Waals surface area contributed by atoms with Gasteiger partial charge in [0.2, 0.25) is 0 Å². The summed E-state index contributed by atoms with van der Waals surface area (Å²) in [5.74, 6) is -1.12. The van der Waals surface area contributed by atoms with Gasteiger partial charge in [-0.15, -0.1) is 0 Å². The Bertz CT molecular complexity index is 577. The number of ketones is 1. The summed E-state index contributed by atoms with van der Waals surface area (Å²) in [6, 6.07) is 8.74. The smallest absolute Gasteiger partial charge is 0.198 e. The lowest BCUT2D eigenvalue weighted by Gasteiger charge is -2.06. The molecule has 92 valence electrons. The molecule has 0 fully saturated rings. The zero-order chi connectivity index (χ0) is 13.3. The van der Waals surface area contributed by atoms with Crippen LogP contribution in [0.1, 0.15) is 15.9 Å². The maximum Gasteiger partial charge on any atom is 0.198 e. The van der Waals surface area contributed by atoms with Gasteiger partial charge in [-0.3, -0.25) is 4.79 Å². The Morgan fingerprint density at radius 3 is 2.44 bits per heavy atom. The lowest BCUT2D eigenvalue weighted by molar-refractivity contribution is 0.103. The first-order valence-electron chi connectivity index (χ1n) is 5.04. The fourth-order valence-electron chi connectivity index (χ4n) is 1.56. The molecule has 0 aliphatic rings. The molecular formula is C13H8BrClFNO. The zero-order valence-corrected chi connectivity index (χ0v) is 11.4. The van der Waals surface area contributed by atoms with Crippen molar-refractivity contribution in [2.45, 2.75) is 0 Å². The number of hydrogen-bond donors (Lipinski definition) is 1. The summed E-state index contributed by atoms with van der Waals surface area (Å²) in [6.07, 6.45) is 0. The van der Waals surface area contributed by atoms with Crippen molar-refractivity contribution in [1.29, 1.82) is 0 Å². The lowest BCUT2D eigenvalue weighted by Crippen LogP contribution is -2.07. The number of nitrogens with two attached hydrogens (primary N) is 1. The van der Waals surface area contributed by atoms with Crippen LogP contribution in [-0.2, 0) is 0 Å². The van der Waals surface area contributed by atoms with E-state index in [0.29, 0.717) is 5.69 Å². The molecule has 2 aromatic rings. The van der Waals surface area contributed by atoms with E-state index in [1.165, 1.54) is 12.1 Å². The van der Waals surface area contributed by atoms with Crippen molar-refractivity contribution < 1.29 is 9.18 Å². The second kappa shape index (κ2) is 5.08. The van der Waals surface area contributed by atoms with Gasteiger partial charge >= 0.3 is 0 Å². The Hall–Kier alpha value is -1.39. The minimum atomic E-state index is -0.658. The molecule has 0 aromatic heterocycles. The third-order valence-electron chi connectivity index (χ3n) is 2.43. The number of hydrogen-bond acceptors (Lipinski definition) is 2. The third kappa shape index (κ3) is 2.54. The molecule has 0 amide bonds. The summed E-state index contributed by atoms with van der Waals surface area (Å²) in [6.45, 7) is 0. The molecule has 0 radical (unpaired) electrons. The summed E-state index contributed by atoms with van der Waals surface area (Å²) >= 11 is 8.88. The maximum absolute atomic E-state index is 13.6. The van der Waals surface area contributed by atoms with Crippen molar-refractivity contribution in [3.8, 4) is 0 Å². The summed E-state index contributed by atoms with van der Waals surface area (Å²) < 4.78 is 14.4. The molecule has 0 saturated carbocycles. The second-order valence-corrected chi connectivity index (χ2v) is 5.04. The zero-order valence-electron chi connectivity index (χ0n) is 9.08. The van der Waals surface area contributed by atoms with Crippen LogP contribution < -0.4 is 5.73 Å². The predicted octanol–water partition coefficient (Wildman–Crippen LogP) is 4.05. The van der Waals surface area contributed by atoms with Crippen LogP contribution >= 0.6 is 27.5 Å². The number of carbonyl (C=O) groups is 1. The van der Waals surface area contributed by atoms with Gasteiger partial charge in [0.15, 0.2) is 5.78 Å². The van der Waals surface area contributed by atoms with Crippen LogP contribution in [0, 0.1) is 5.82 Å². The Kier molecular flexibility index (Phi) is 3.68. The molecule has 18 heavy (non-hydrogen) atoms. The second-order valence-electron chi connectivity index (χ2n) is 3.68. The molecule has 0 aliphatic carbocycles. The minimum Gasteiger partial charge on any atom is -0.398 e. The van der Waals surface area contributed by atoms with Crippen LogP contribution in [-0.4, -0.2) is 5.78 Å². The number of benzene rings is 2. The molecule has 0 atom stereocenters. The van der Waals surface area contributed by atoms with Crippen LogP contribution in [0.25, 0.3) is 0 Å². The fraction of sp³-hybridized carbons (Fsp3) is 0. The average Bonchev–Trinajstić information content (AvgIpc) is 2.28. The van der Waals surface area contributed by atoms with Crippen LogP contribution in [0.5, 0.6) is 0 Å². The number of anilines is 1. The van der Waals surface area contributed by atoms with Gasteiger partial charge in [-0.1, -0.05) is 27.5 Å². The van der Waals surface area contributed by atoms with Gasteiger partial charge in [-0.25, -0.2) is 4.39 Å². The summed E-state index contributed by atoms with van der Waals surface area (Å²) in [5.41, 5.74) is 6.25. The molecule has 0 spiro atoms. The SMILES string of the molecule is Nc1cc(Br)ccc1C(=O)c1ccc(Cl)cc1F. The predicted molar refractivity (Wildman–Crippen MR) is 73.4 cm³/mol. The Labute approximate surface area is 117 Å². The lowest BCUT2D eigenvalue weighted by atomic mass is 10.0. The average molecular weight is 329 g/mol. The highest BCUT2D eigenvalue weighted by Gasteiger charge is 2.16. The molecule has 2 aromatic carbocycles.